The van der Waals surface area contributed by atoms with E-state index in [-0.39, 0.29) is 17.4 Å². The minimum Gasteiger partial charge on any atom is -0.497 e. The fraction of sp³-hybridized carbons (Fsp3) is 0.500. The van der Waals surface area contributed by atoms with E-state index in [0.717, 1.165) is 29.2 Å². The van der Waals surface area contributed by atoms with E-state index in [2.05, 4.69) is 29.2 Å². The van der Waals surface area contributed by atoms with Gasteiger partial charge in [-0.25, -0.2) is 0 Å². The molecule has 4 bridgehead atoms. The molecule has 1 heterocycles. The van der Waals surface area contributed by atoms with Crippen LogP contribution < -0.4 is 9.64 Å². The summed E-state index contributed by atoms with van der Waals surface area (Å²) in [6.45, 7) is 0. The van der Waals surface area contributed by atoms with Gasteiger partial charge in [0.25, 0.3) is 0 Å². The Morgan fingerprint density at radius 2 is 1.45 bits per heavy atom. The number of hydrogen-bond acceptors (Lipinski definition) is 2. The number of anilines is 1. The predicted octanol–water partition coefficient (Wildman–Crippen LogP) is 5.62. The summed E-state index contributed by atoms with van der Waals surface area (Å²) >= 11 is 0. The van der Waals surface area contributed by atoms with Crippen molar-refractivity contribution in [2.45, 2.75) is 44.6 Å². The second-order valence-corrected chi connectivity index (χ2v) is 10.0. The van der Waals surface area contributed by atoms with Gasteiger partial charge in [-0.1, -0.05) is 30.3 Å². The van der Waals surface area contributed by atoms with Crippen molar-refractivity contribution in [1.29, 1.82) is 0 Å². The van der Waals surface area contributed by atoms with Crippen LogP contribution in [0.2, 0.25) is 0 Å². The predicted molar refractivity (Wildman–Crippen MR) is 114 cm³/mol. The molecule has 4 saturated carbocycles. The second kappa shape index (κ2) is 6.35. The van der Waals surface area contributed by atoms with Crippen LogP contribution in [0.15, 0.2) is 54.6 Å². The maximum atomic E-state index is 13.7. The highest BCUT2D eigenvalue weighted by Crippen LogP contribution is 2.67. The minimum absolute atomic E-state index is 0.129. The SMILES string of the molecule is COc1ccc([C@@H]2[C@@H](C34CC5CC(CC(C5)C3)C4)C(=O)N2c2ccccc2)cc1. The molecule has 0 spiro atoms. The number of β-lactam (4-membered cyclic amide) rings is 1. The first-order chi connectivity index (χ1) is 14.2. The lowest BCUT2D eigenvalue weighted by molar-refractivity contribution is -0.153. The normalized spacial score (nSPS) is 37.5. The van der Waals surface area contributed by atoms with Crippen LogP contribution in [-0.4, -0.2) is 13.0 Å². The van der Waals surface area contributed by atoms with Gasteiger partial charge in [-0.05, 0) is 91.5 Å². The van der Waals surface area contributed by atoms with Gasteiger partial charge in [0.15, 0.2) is 0 Å². The highest BCUT2D eigenvalue weighted by molar-refractivity contribution is 6.03. The lowest BCUT2D eigenvalue weighted by Gasteiger charge is -2.64. The minimum atomic E-state index is 0.129. The van der Waals surface area contributed by atoms with Gasteiger partial charge in [0, 0.05) is 5.69 Å². The highest BCUT2D eigenvalue weighted by atomic mass is 16.5. The van der Waals surface area contributed by atoms with Gasteiger partial charge in [0.1, 0.15) is 5.75 Å². The number of carbonyl (C=O) groups is 1. The van der Waals surface area contributed by atoms with Crippen molar-refractivity contribution < 1.29 is 9.53 Å². The Kier molecular flexibility index (Phi) is 3.85. The van der Waals surface area contributed by atoms with E-state index in [0.29, 0.717) is 5.91 Å². The Balaban J connectivity index is 1.41. The average molecular weight is 388 g/mol. The van der Waals surface area contributed by atoms with Crippen LogP contribution in [0, 0.1) is 29.1 Å². The number of carbonyl (C=O) groups excluding carboxylic acids is 1. The van der Waals surface area contributed by atoms with Crippen LogP contribution in [-0.2, 0) is 4.79 Å². The topological polar surface area (TPSA) is 29.5 Å². The molecule has 7 rings (SSSR count). The van der Waals surface area contributed by atoms with Crippen LogP contribution in [0.1, 0.15) is 50.1 Å². The molecule has 0 N–H and O–H groups in total. The van der Waals surface area contributed by atoms with E-state index in [4.69, 9.17) is 4.74 Å². The van der Waals surface area contributed by atoms with Crippen molar-refractivity contribution >= 4 is 11.6 Å². The summed E-state index contributed by atoms with van der Waals surface area (Å²) < 4.78 is 5.38. The van der Waals surface area contributed by atoms with E-state index in [1.54, 1.807) is 7.11 Å². The summed E-state index contributed by atoms with van der Waals surface area (Å²) in [4.78, 5) is 15.7. The number of ether oxygens (including phenoxy) is 1. The molecule has 150 valence electrons. The van der Waals surface area contributed by atoms with Crippen LogP contribution >= 0.6 is 0 Å². The molecule has 5 fully saturated rings. The third kappa shape index (κ3) is 2.59. The molecule has 2 atom stereocenters. The monoisotopic (exact) mass is 387 g/mol. The zero-order valence-electron chi connectivity index (χ0n) is 17.1. The van der Waals surface area contributed by atoms with Crippen molar-refractivity contribution in [2.75, 3.05) is 12.0 Å². The van der Waals surface area contributed by atoms with Gasteiger partial charge < -0.3 is 9.64 Å². The van der Waals surface area contributed by atoms with E-state index in [1.165, 1.54) is 44.1 Å². The van der Waals surface area contributed by atoms with Crippen molar-refractivity contribution in [3.8, 4) is 5.75 Å². The molecule has 3 nitrogen and oxygen atoms in total. The largest absolute Gasteiger partial charge is 0.497 e. The maximum absolute atomic E-state index is 13.7. The molecule has 0 aromatic heterocycles. The average Bonchev–Trinajstić information content (AvgIpc) is 2.72. The molecule has 5 aliphatic rings. The fourth-order valence-corrected chi connectivity index (χ4v) is 7.66. The number of benzene rings is 2. The second-order valence-electron chi connectivity index (χ2n) is 10.0. The lowest BCUT2D eigenvalue weighted by atomic mass is 9.44. The summed E-state index contributed by atoms with van der Waals surface area (Å²) in [5, 5.41) is 0. The zero-order chi connectivity index (χ0) is 19.6. The quantitative estimate of drug-likeness (QED) is 0.638. The maximum Gasteiger partial charge on any atom is 0.233 e. The summed E-state index contributed by atoms with van der Waals surface area (Å²) in [7, 11) is 1.70. The molecular formula is C26H29NO2. The lowest BCUT2D eigenvalue weighted by Crippen LogP contribution is -2.65. The third-order valence-electron chi connectivity index (χ3n) is 8.33. The molecule has 4 aliphatic carbocycles. The summed E-state index contributed by atoms with van der Waals surface area (Å²) in [6, 6.07) is 18.8. The van der Waals surface area contributed by atoms with Gasteiger partial charge in [-0.2, -0.15) is 0 Å². The Bertz CT molecular complexity index is 884. The molecule has 0 radical (unpaired) electrons. The molecule has 0 unspecified atom stereocenters. The van der Waals surface area contributed by atoms with Crippen LogP contribution in [0.5, 0.6) is 5.75 Å². The van der Waals surface area contributed by atoms with Gasteiger partial charge in [-0.15, -0.1) is 0 Å². The Morgan fingerprint density at radius 3 is 2.00 bits per heavy atom. The number of para-hydroxylation sites is 1. The Hall–Kier alpha value is -2.29. The summed E-state index contributed by atoms with van der Waals surface area (Å²) in [6.07, 6.45) is 8.04. The van der Waals surface area contributed by atoms with Gasteiger partial charge in [0.05, 0.1) is 19.1 Å². The van der Waals surface area contributed by atoms with Gasteiger partial charge in [-0.3, -0.25) is 4.79 Å². The first-order valence-corrected chi connectivity index (χ1v) is 11.2. The fourth-order valence-electron chi connectivity index (χ4n) is 7.66. The van der Waals surface area contributed by atoms with Crippen molar-refractivity contribution in [3.63, 3.8) is 0 Å². The zero-order valence-corrected chi connectivity index (χ0v) is 17.1. The van der Waals surface area contributed by atoms with E-state index < -0.39 is 0 Å². The number of methoxy groups -OCH3 is 1. The van der Waals surface area contributed by atoms with Crippen molar-refractivity contribution in [3.05, 3.63) is 60.2 Å². The molecule has 3 heteroatoms. The molecule has 2 aromatic carbocycles. The summed E-state index contributed by atoms with van der Waals surface area (Å²) in [5.41, 5.74) is 2.50. The van der Waals surface area contributed by atoms with Crippen molar-refractivity contribution in [1.82, 2.24) is 0 Å². The summed E-state index contributed by atoms with van der Waals surface area (Å²) in [5.74, 6) is 3.92. The van der Waals surface area contributed by atoms with Crippen LogP contribution in [0.3, 0.4) is 0 Å². The number of amides is 1. The molecule has 1 aliphatic heterocycles. The molecule has 1 saturated heterocycles. The third-order valence-corrected chi connectivity index (χ3v) is 8.33. The van der Waals surface area contributed by atoms with E-state index in [9.17, 15) is 4.79 Å². The van der Waals surface area contributed by atoms with Crippen LogP contribution in [0.25, 0.3) is 0 Å². The van der Waals surface area contributed by atoms with Crippen LogP contribution in [0.4, 0.5) is 5.69 Å². The highest BCUT2D eigenvalue weighted by Gasteiger charge is 2.63. The molecular weight excluding hydrogens is 358 g/mol. The molecule has 29 heavy (non-hydrogen) atoms. The van der Waals surface area contributed by atoms with E-state index in [1.807, 2.05) is 30.3 Å². The Labute approximate surface area is 173 Å². The number of hydrogen-bond donors (Lipinski definition) is 0. The smallest absolute Gasteiger partial charge is 0.233 e. The number of nitrogens with zero attached hydrogens (tertiary/aromatic N) is 1. The standard InChI is InChI=1S/C26H29NO2/c1-29-22-9-7-20(8-10-22)24-23(25(28)27(24)21-5-3-2-4-6-21)26-14-17-11-18(15-26)13-19(12-17)16-26/h2-10,17-19,23-24H,11-16H2,1H3/t17?,18?,19?,23-,24-,26?/m1/s1. The Morgan fingerprint density at radius 1 is 0.862 bits per heavy atom. The van der Waals surface area contributed by atoms with E-state index >= 15 is 0 Å². The number of rotatable bonds is 4. The van der Waals surface area contributed by atoms with Gasteiger partial charge in [0.2, 0.25) is 5.91 Å². The molecule has 2 aromatic rings. The van der Waals surface area contributed by atoms with Crippen molar-refractivity contribution in [2.24, 2.45) is 29.1 Å². The first kappa shape index (κ1) is 17.6. The first-order valence-electron chi connectivity index (χ1n) is 11.2. The molecule has 1 amide bonds. The van der Waals surface area contributed by atoms with Gasteiger partial charge >= 0.3 is 0 Å².